The number of carbonyl (C=O) groups is 1. The van der Waals surface area contributed by atoms with Gasteiger partial charge >= 0.3 is 12.1 Å². The van der Waals surface area contributed by atoms with E-state index in [9.17, 15) is 26.7 Å². The fourth-order valence-electron chi connectivity index (χ4n) is 5.08. The molecule has 1 saturated heterocycles. The average Bonchev–Trinajstić information content (AvgIpc) is 3.20. The van der Waals surface area contributed by atoms with Crippen LogP contribution in [0.25, 0.3) is 0 Å². The van der Waals surface area contributed by atoms with Gasteiger partial charge in [0.25, 0.3) is 0 Å². The van der Waals surface area contributed by atoms with Crippen LogP contribution in [0.15, 0.2) is 48.5 Å². The molecular formula is C29H28F5NO5. The van der Waals surface area contributed by atoms with E-state index in [4.69, 9.17) is 18.9 Å². The minimum atomic E-state index is -4.82. The smallest absolute Gasteiger partial charge is 0.417 e. The highest BCUT2D eigenvalue weighted by Crippen LogP contribution is 2.59. The number of hydrogen-bond acceptors (Lipinski definition) is 6. The van der Waals surface area contributed by atoms with Crippen LogP contribution in [0.4, 0.5) is 22.0 Å². The quantitative estimate of drug-likeness (QED) is 0.231. The summed E-state index contributed by atoms with van der Waals surface area (Å²) in [5, 5.41) is 0. The van der Waals surface area contributed by atoms with Gasteiger partial charge < -0.3 is 18.9 Å². The molecule has 0 N–H and O–H groups in total. The molecule has 1 aliphatic rings. The molecule has 0 saturated carbocycles. The van der Waals surface area contributed by atoms with E-state index in [1.54, 1.807) is 24.3 Å². The molecule has 2 aromatic carbocycles. The molecule has 4 atom stereocenters. The number of rotatable bonds is 7. The first kappa shape index (κ1) is 29.3. The molecule has 6 nitrogen and oxygen atoms in total. The van der Waals surface area contributed by atoms with Gasteiger partial charge in [0.2, 0.25) is 5.82 Å². The second-order valence-corrected chi connectivity index (χ2v) is 9.71. The van der Waals surface area contributed by atoms with Crippen LogP contribution in [0, 0.1) is 24.5 Å². The summed E-state index contributed by atoms with van der Waals surface area (Å²) < 4.78 is 93.6. The number of benzene rings is 2. The van der Waals surface area contributed by atoms with Gasteiger partial charge in [-0.05, 0) is 25.5 Å². The number of carbonyl (C=O) groups excluding carboxylic acids is 1. The minimum absolute atomic E-state index is 0.00447. The molecule has 214 valence electrons. The predicted octanol–water partition coefficient (Wildman–Crippen LogP) is 6.85. The Morgan fingerprint density at radius 3 is 2.38 bits per heavy atom. The normalized spacial score (nSPS) is 22.7. The average molecular weight is 566 g/mol. The SMILES string of the molecule is COC(=O)c1c(OCc2ccccc2)cc([C@@H]2O[C@@](C)(C(F)(F)F)[C@@H](C)[C@H]2c2ccc(F)c(F)c2OC)nc1C. The van der Waals surface area contributed by atoms with Gasteiger partial charge in [0.1, 0.15) is 24.0 Å². The first-order valence-electron chi connectivity index (χ1n) is 12.4. The zero-order valence-corrected chi connectivity index (χ0v) is 22.4. The number of aromatic nitrogens is 1. The maximum absolute atomic E-state index is 14.7. The minimum Gasteiger partial charge on any atom is -0.493 e. The Morgan fingerprint density at radius 1 is 1.10 bits per heavy atom. The lowest BCUT2D eigenvalue weighted by atomic mass is 9.76. The maximum atomic E-state index is 14.7. The second kappa shape index (κ2) is 11.0. The molecule has 2 heterocycles. The third kappa shape index (κ3) is 5.10. The number of halogens is 5. The molecular weight excluding hydrogens is 537 g/mol. The summed E-state index contributed by atoms with van der Waals surface area (Å²) in [6.07, 6.45) is -6.22. The molecule has 0 radical (unpaired) electrons. The summed E-state index contributed by atoms with van der Waals surface area (Å²) >= 11 is 0. The van der Waals surface area contributed by atoms with Crippen LogP contribution in [-0.2, 0) is 16.1 Å². The van der Waals surface area contributed by atoms with Crippen molar-refractivity contribution in [3.8, 4) is 11.5 Å². The summed E-state index contributed by atoms with van der Waals surface area (Å²) in [6, 6.07) is 12.3. The first-order chi connectivity index (χ1) is 18.8. The van der Waals surface area contributed by atoms with Crippen molar-refractivity contribution < 1.29 is 45.7 Å². The maximum Gasteiger partial charge on any atom is 0.417 e. The summed E-state index contributed by atoms with van der Waals surface area (Å²) in [6.45, 7) is 3.75. The van der Waals surface area contributed by atoms with Gasteiger partial charge in [-0.25, -0.2) is 9.18 Å². The van der Waals surface area contributed by atoms with Crippen LogP contribution in [0.5, 0.6) is 11.5 Å². The Labute approximate surface area is 228 Å². The monoisotopic (exact) mass is 565 g/mol. The van der Waals surface area contributed by atoms with Crippen LogP contribution >= 0.6 is 0 Å². The number of methoxy groups -OCH3 is 2. The zero-order valence-electron chi connectivity index (χ0n) is 22.4. The molecule has 11 heteroatoms. The van der Waals surface area contributed by atoms with Gasteiger partial charge in [-0.3, -0.25) is 4.98 Å². The van der Waals surface area contributed by atoms with E-state index in [1.807, 2.05) is 6.07 Å². The molecule has 0 spiro atoms. The third-order valence-electron chi connectivity index (χ3n) is 7.41. The summed E-state index contributed by atoms with van der Waals surface area (Å²) in [4.78, 5) is 17.0. The Morgan fingerprint density at radius 2 is 1.77 bits per heavy atom. The molecule has 1 aliphatic heterocycles. The lowest BCUT2D eigenvalue weighted by Gasteiger charge is -2.32. The highest BCUT2D eigenvalue weighted by Gasteiger charge is 2.65. The van der Waals surface area contributed by atoms with Gasteiger partial charge in [-0.2, -0.15) is 17.6 Å². The number of hydrogen-bond donors (Lipinski definition) is 0. The van der Waals surface area contributed by atoms with Crippen molar-refractivity contribution in [3.63, 3.8) is 0 Å². The largest absolute Gasteiger partial charge is 0.493 e. The van der Waals surface area contributed by atoms with E-state index in [0.717, 1.165) is 25.7 Å². The standard InChI is InChI=1S/C29H28F5NO5/c1-15-22(18-11-12-19(30)24(31)25(18)37-4)26(40-28(15,3)29(32,33)34)20-13-21(23(16(2)35-20)27(36)38-5)39-14-17-9-7-6-8-10-17/h6-13,15,22,26H,14H2,1-5H3/t15-,22-,26-,28+/m0/s1. The van der Waals surface area contributed by atoms with E-state index >= 15 is 0 Å². The lowest BCUT2D eigenvalue weighted by Crippen LogP contribution is -2.46. The summed E-state index contributed by atoms with van der Waals surface area (Å²) in [5.74, 6) is -6.26. The molecule has 4 rings (SSSR count). The Bertz CT molecular complexity index is 1400. The topological polar surface area (TPSA) is 66.9 Å². The molecule has 3 aromatic rings. The molecule has 1 aromatic heterocycles. The third-order valence-corrected chi connectivity index (χ3v) is 7.41. The predicted molar refractivity (Wildman–Crippen MR) is 134 cm³/mol. The zero-order chi connectivity index (χ0) is 29.4. The number of aryl methyl sites for hydroxylation is 1. The van der Waals surface area contributed by atoms with E-state index in [1.165, 1.54) is 33.1 Å². The molecule has 0 aliphatic carbocycles. The fraction of sp³-hybridized carbons (Fsp3) is 0.379. The molecule has 0 unspecified atom stereocenters. The van der Waals surface area contributed by atoms with Crippen LogP contribution in [-0.4, -0.2) is 37.0 Å². The molecule has 1 fully saturated rings. The number of pyridine rings is 1. The van der Waals surface area contributed by atoms with Crippen molar-refractivity contribution in [2.45, 2.75) is 51.2 Å². The second-order valence-electron chi connectivity index (χ2n) is 9.71. The molecule has 0 amide bonds. The van der Waals surface area contributed by atoms with Crippen LogP contribution in [0.3, 0.4) is 0 Å². The Balaban J connectivity index is 1.89. The Hall–Kier alpha value is -3.73. The lowest BCUT2D eigenvalue weighted by molar-refractivity contribution is -0.275. The highest BCUT2D eigenvalue weighted by atomic mass is 19.4. The first-order valence-corrected chi connectivity index (χ1v) is 12.4. The van der Waals surface area contributed by atoms with Crippen molar-refractivity contribution in [3.05, 3.63) is 88.2 Å². The number of alkyl halides is 3. The van der Waals surface area contributed by atoms with Crippen LogP contribution < -0.4 is 9.47 Å². The molecule has 0 bridgehead atoms. The van der Waals surface area contributed by atoms with E-state index in [2.05, 4.69) is 4.98 Å². The highest BCUT2D eigenvalue weighted by molar-refractivity contribution is 5.93. The Kier molecular flexibility index (Phi) is 8.07. The molecule has 40 heavy (non-hydrogen) atoms. The van der Waals surface area contributed by atoms with Gasteiger partial charge in [-0.1, -0.05) is 43.3 Å². The number of ether oxygens (including phenoxy) is 4. The van der Waals surface area contributed by atoms with Crippen molar-refractivity contribution in [1.82, 2.24) is 4.98 Å². The summed E-state index contributed by atoms with van der Waals surface area (Å²) in [5.41, 5.74) is -1.80. The van der Waals surface area contributed by atoms with Crippen LogP contribution in [0.2, 0.25) is 0 Å². The van der Waals surface area contributed by atoms with E-state index in [0.29, 0.717) is 0 Å². The van der Waals surface area contributed by atoms with Crippen molar-refractivity contribution in [2.75, 3.05) is 14.2 Å². The van der Waals surface area contributed by atoms with Crippen molar-refractivity contribution in [2.24, 2.45) is 5.92 Å². The van der Waals surface area contributed by atoms with Crippen molar-refractivity contribution >= 4 is 5.97 Å². The van der Waals surface area contributed by atoms with Crippen molar-refractivity contribution in [1.29, 1.82) is 0 Å². The number of nitrogens with zero attached hydrogens (tertiary/aromatic N) is 1. The van der Waals surface area contributed by atoms with Gasteiger partial charge in [0.05, 0.1) is 25.6 Å². The van der Waals surface area contributed by atoms with Gasteiger partial charge in [-0.15, -0.1) is 0 Å². The van der Waals surface area contributed by atoms with Gasteiger partial charge in [0.15, 0.2) is 17.2 Å². The fourth-order valence-corrected chi connectivity index (χ4v) is 5.08. The number of esters is 1. The van der Waals surface area contributed by atoms with E-state index < -0.39 is 53.1 Å². The summed E-state index contributed by atoms with van der Waals surface area (Å²) in [7, 11) is 2.28. The van der Waals surface area contributed by atoms with E-state index in [-0.39, 0.29) is 34.9 Å². The van der Waals surface area contributed by atoms with Crippen LogP contribution in [0.1, 0.15) is 58.7 Å². The van der Waals surface area contributed by atoms with Gasteiger partial charge in [0, 0.05) is 23.5 Å².